The minimum Gasteiger partial charge on any atom is -0.480 e. The van der Waals surface area contributed by atoms with Crippen LogP contribution in [0.3, 0.4) is 0 Å². The summed E-state index contributed by atoms with van der Waals surface area (Å²) in [6.07, 6.45) is 6.35. The first-order valence-electron chi connectivity index (χ1n) is 6.65. The third-order valence-electron chi connectivity index (χ3n) is 4.05. The minimum atomic E-state index is -0.716. The molecular weight excluding hydrogens is 216 g/mol. The van der Waals surface area contributed by atoms with Crippen molar-refractivity contribution < 1.29 is 9.90 Å². The summed E-state index contributed by atoms with van der Waals surface area (Å²) in [6, 6.07) is -0.382. The van der Waals surface area contributed by atoms with Gasteiger partial charge in [0.2, 0.25) is 0 Å². The number of aliphatic carboxylic acids is 1. The van der Waals surface area contributed by atoms with Crippen molar-refractivity contribution in [2.45, 2.75) is 57.0 Å². The summed E-state index contributed by atoms with van der Waals surface area (Å²) in [4.78, 5) is 13.4. The molecule has 0 saturated heterocycles. The summed E-state index contributed by atoms with van der Waals surface area (Å²) in [6.45, 7) is 2.88. The number of hydrogen-bond acceptors (Lipinski definition) is 3. The second-order valence-corrected chi connectivity index (χ2v) is 5.39. The Morgan fingerprint density at radius 3 is 2.47 bits per heavy atom. The van der Waals surface area contributed by atoms with Crippen LogP contribution < -0.4 is 5.32 Å². The van der Waals surface area contributed by atoms with Crippen molar-refractivity contribution in [1.82, 2.24) is 10.2 Å². The topological polar surface area (TPSA) is 52.6 Å². The maximum absolute atomic E-state index is 11.1. The summed E-state index contributed by atoms with van der Waals surface area (Å²) < 4.78 is 0. The first-order chi connectivity index (χ1) is 8.02. The second kappa shape index (κ2) is 6.36. The molecular formula is C13H26N2O2. The van der Waals surface area contributed by atoms with Gasteiger partial charge in [-0.3, -0.25) is 4.79 Å². The molecule has 100 valence electrons. The molecule has 1 atom stereocenters. The van der Waals surface area contributed by atoms with Crippen molar-refractivity contribution in [2.24, 2.45) is 0 Å². The Kier molecular flexibility index (Phi) is 5.40. The van der Waals surface area contributed by atoms with Crippen LogP contribution in [0, 0.1) is 0 Å². The molecule has 1 unspecified atom stereocenters. The molecule has 4 heteroatoms. The number of nitrogens with zero attached hydrogens (tertiary/aromatic N) is 1. The summed E-state index contributed by atoms with van der Waals surface area (Å²) in [5, 5.41) is 12.4. The van der Waals surface area contributed by atoms with E-state index in [1.807, 2.05) is 0 Å². The fraction of sp³-hybridized carbons (Fsp3) is 0.923. The van der Waals surface area contributed by atoms with Crippen LogP contribution in [-0.4, -0.2) is 48.2 Å². The van der Waals surface area contributed by atoms with Gasteiger partial charge in [-0.15, -0.1) is 0 Å². The van der Waals surface area contributed by atoms with Gasteiger partial charge in [0.15, 0.2) is 0 Å². The molecule has 1 fully saturated rings. The van der Waals surface area contributed by atoms with Crippen LogP contribution >= 0.6 is 0 Å². The lowest BCUT2D eigenvalue weighted by Gasteiger charge is -2.48. The monoisotopic (exact) mass is 242 g/mol. The van der Waals surface area contributed by atoms with Crippen LogP contribution in [0.15, 0.2) is 0 Å². The predicted octanol–water partition coefficient (Wildman–Crippen LogP) is 1.70. The molecule has 0 bridgehead atoms. The Balaban J connectivity index is 2.42. The van der Waals surface area contributed by atoms with Crippen molar-refractivity contribution in [3.63, 3.8) is 0 Å². The third kappa shape index (κ3) is 3.68. The first kappa shape index (κ1) is 14.5. The molecule has 0 aliphatic heterocycles. The number of likely N-dealkylation sites (N-methyl/N-ethyl adjacent to an activating group) is 1. The van der Waals surface area contributed by atoms with Gasteiger partial charge in [0.1, 0.15) is 6.04 Å². The highest BCUT2D eigenvalue weighted by Gasteiger charge is 2.39. The second-order valence-electron chi connectivity index (χ2n) is 5.39. The summed E-state index contributed by atoms with van der Waals surface area (Å²) >= 11 is 0. The van der Waals surface area contributed by atoms with E-state index in [1.165, 1.54) is 19.3 Å². The molecule has 2 N–H and O–H groups in total. The van der Waals surface area contributed by atoms with Gasteiger partial charge in [0, 0.05) is 12.1 Å². The van der Waals surface area contributed by atoms with Gasteiger partial charge in [-0.1, -0.05) is 19.8 Å². The van der Waals surface area contributed by atoms with Gasteiger partial charge in [-0.05, 0) is 39.8 Å². The number of nitrogens with one attached hydrogen (secondary N) is 1. The van der Waals surface area contributed by atoms with Crippen molar-refractivity contribution in [1.29, 1.82) is 0 Å². The number of unbranched alkanes of at least 4 members (excludes halogenated alkanes) is 1. The highest BCUT2D eigenvalue weighted by atomic mass is 16.4. The van der Waals surface area contributed by atoms with Crippen molar-refractivity contribution in [2.75, 3.05) is 20.6 Å². The van der Waals surface area contributed by atoms with Gasteiger partial charge < -0.3 is 15.3 Å². The Labute approximate surface area is 104 Å². The van der Waals surface area contributed by atoms with Crippen molar-refractivity contribution in [3.05, 3.63) is 0 Å². The highest BCUT2D eigenvalue weighted by Crippen LogP contribution is 2.35. The number of rotatable bonds is 8. The van der Waals surface area contributed by atoms with E-state index in [2.05, 4.69) is 31.2 Å². The number of carboxylic acids is 1. The van der Waals surface area contributed by atoms with Gasteiger partial charge in [-0.2, -0.15) is 0 Å². The lowest BCUT2D eigenvalue weighted by Crippen LogP contribution is -2.58. The van der Waals surface area contributed by atoms with Crippen LogP contribution in [0.1, 0.15) is 45.4 Å². The van der Waals surface area contributed by atoms with E-state index in [-0.39, 0.29) is 11.6 Å². The van der Waals surface area contributed by atoms with Crippen molar-refractivity contribution >= 4 is 5.97 Å². The standard InChI is InChI=1S/C13H26N2O2/c1-4-5-7-11(12(16)17)14-10-13(15(2)3)8-6-9-13/h11,14H,4-10H2,1-3H3,(H,16,17). The highest BCUT2D eigenvalue weighted by molar-refractivity contribution is 5.73. The smallest absolute Gasteiger partial charge is 0.320 e. The maximum atomic E-state index is 11.1. The fourth-order valence-corrected chi connectivity index (χ4v) is 2.40. The molecule has 4 nitrogen and oxygen atoms in total. The number of carboxylic acid groups (broad SMARTS) is 1. The molecule has 0 spiro atoms. The lowest BCUT2D eigenvalue weighted by molar-refractivity contribution is -0.140. The molecule has 1 aliphatic carbocycles. The zero-order valence-electron chi connectivity index (χ0n) is 11.3. The average molecular weight is 242 g/mol. The number of carbonyl (C=O) groups is 1. The van der Waals surface area contributed by atoms with E-state index >= 15 is 0 Å². The van der Waals surface area contributed by atoms with E-state index < -0.39 is 5.97 Å². The minimum absolute atomic E-state index is 0.194. The van der Waals surface area contributed by atoms with E-state index in [9.17, 15) is 4.79 Å². The van der Waals surface area contributed by atoms with Crippen LogP contribution in [0.2, 0.25) is 0 Å². The molecule has 1 rings (SSSR count). The first-order valence-corrected chi connectivity index (χ1v) is 6.65. The normalized spacial score (nSPS) is 20.0. The van der Waals surface area contributed by atoms with E-state index in [4.69, 9.17) is 5.11 Å². The predicted molar refractivity (Wildman–Crippen MR) is 69.2 cm³/mol. The van der Waals surface area contributed by atoms with E-state index in [0.717, 1.165) is 25.8 Å². The number of hydrogen-bond donors (Lipinski definition) is 2. The molecule has 17 heavy (non-hydrogen) atoms. The Bertz CT molecular complexity index is 250. The van der Waals surface area contributed by atoms with Crippen molar-refractivity contribution in [3.8, 4) is 0 Å². The SMILES string of the molecule is CCCCC(NCC1(N(C)C)CCC1)C(=O)O. The van der Waals surface area contributed by atoms with Crippen LogP contribution in [0.5, 0.6) is 0 Å². The van der Waals surface area contributed by atoms with Gasteiger partial charge in [0.25, 0.3) is 0 Å². The zero-order valence-corrected chi connectivity index (χ0v) is 11.3. The Morgan fingerprint density at radius 1 is 1.47 bits per heavy atom. The largest absolute Gasteiger partial charge is 0.480 e. The molecule has 0 aromatic carbocycles. The van der Waals surface area contributed by atoms with E-state index in [0.29, 0.717) is 0 Å². The van der Waals surface area contributed by atoms with Gasteiger partial charge in [-0.25, -0.2) is 0 Å². The van der Waals surface area contributed by atoms with Crippen LogP contribution in [0.25, 0.3) is 0 Å². The zero-order chi connectivity index (χ0) is 12.9. The van der Waals surface area contributed by atoms with Gasteiger partial charge >= 0.3 is 5.97 Å². The summed E-state index contributed by atoms with van der Waals surface area (Å²) in [5.74, 6) is -0.716. The summed E-state index contributed by atoms with van der Waals surface area (Å²) in [7, 11) is 4.17. The molecule has 0 heterocycles. The molecule has 0 aromatic heterocycles. The maximum Gasteiger partial charge on any atom is 0.320 e. The van der Waals surface area contributed by atoms with Crippen LogP contribution in [-0.2, 0) is 4.79 Å². The summed E-state index contributed by atoms with van der Waals surface area (Å²) in [5.41, 5.74) is 0.194. The van der Waals surface area contributed by atoms with Crippen LogP contribution in [0.4, 0.5) is 0 Å². The molecule has 1 aliphatic rings. The average Bonchev–Trinajstić information content (AvgIpc) is 2.19. The lowest BCUT2D eigenvalue weighted by atomic mass is 9.75. The fourth-order valence-electron chi connectivity index (χ4n) is 2.40. The molecule has 0 amide bonds. The molecule has 0 radical (unpaired) electrons. The Hall–Kier alpha value is -0.610. The quantitative estimate of drug-likeness (QED) is 0.680. The van der Waals surface area contributed by atoms with Gasteiger partial charge in [0.05, 0.1) is 0 Å². The molecule has 0 aromatic rings. The van der Waals surface area contributed by atoms with E-state index in [1.54, 1.807) is 0 Å². The molecule has 1 saturated carbocycles. The third-order valence-corrected chi connectivity index (χ3v) is 4.05. The Morgan fingerprint density at radius 2 is 2.12 bits per heavy atom.